The first-order valence-corrected chi connectivity index (χ1v) is 6.56. The monoisotopic (exact) mass is 247 g/mol. The van der Waals surface area contributed by atoms with Crippen LogP contribution in [0.15, 0.2) is 24.3 Å². The molecule has 98 valence electrons. The molecule has 1 aliphatic rings. The van der Waals surface area contributed by atoms with Gasteiger partial charge in [-0.3, -0.25) is 4.79 Å². The number of benzene rings is 1. The van der Waals surface area contributed by atoms with Crippen molar-refractivity contribution in [1.82, 2.24) is 0 Å². The highest BCUT2D eigenvalue weighted by Gasteiger charge is 2.24. The van der Waals surface area contributed by atoms with Gasteiger partial charge in [0.2, 0.25) is 0 Å². The molecule has 0 aliphatic carbocycles. The number of aliphatic hydroxyl groups is 1. The Bertz CT molecular complexity index is 423. The normalized spacial score (nSPS) is 24.7. The molecule has 1 heterocycles. The number of hydrogen-bond donors (Lipinski definition) is 1. The smallest absolute Gasteiger partial charge is 0.159 e. The third-order valence-corrected chi connectivity index (χ3v) is 3.70. The first-order chi connectivity index (χ1) is 8.48. The Morgan fingerprint density at radius 2 is 1.89 bits per heavy atom. The van der Waals surface area contributed by atoms with E-state index in [0.29, 0.717) is 0 Å². The van der Waals surface area contributed by atoms with E-state index < -0.39 is 5.60 Å². The lowest BCUT2D eigenvalue weighted by Crippen LogP contribution is -2.28. The van der Waals surface area contributed by atoms with E-state index in [0.717, 1.165) is 43.6 Å². The van der Waals surface area contributed by atoms with Gasteiger partial charge >= 0.3 is 0 Å². The first kappa shape index (κ1) is 13.1. The van der Waals surface area contributed by atoms with Crippen LogP contribution in [0, 0.1) is 0 Å². The zero-order chi connectivity index (χ0) is 13.2. The average Bonchev–Trinajstić information content (AvgIpc) is 2.50. The van der Waals surface area contributed by atoms with E-state index in [9.17, 15) is 9.90 Å². The topological polar surface area (TPSA) is 40.5 Å². The van der Waals surface area contributed by atoms with E-state index in [2.05, 4.69) is 4.90 Å². The second-order valence-corrected chi connectivity index (χ2v) is 5.44. The summed E-state index contributed by atoms with van der Waals surface area (Å²) >= 11 is 0. The Kier molecular flexibility index (Phi) is 3.71. The summed E-state index contributed by atoms with van der Waals surface area (Å²) in [7, 11) is 0. The third-order valence-electron chi connectivity index (χ3n) is 3.70. The fourth-order valence-electron chi connectivity index (χ4n) is 2.43. The predicted octanol–water partition coefficient (Wildman–Crippen LogP) is 2.63. The number of carbonyl (C=O) groups is 1. The van der Waals surface area contributed by atoms with Gasteiger partial charge < -0.3 is 10.0 Å². The van der Waals surface area contributed by atoms with E-state index in [1.165, 1.54) is 0 Å². The molecule has 0 saturated carbocycles. The Morgan fingerprint density at radius 1 is 1.22 bits per heavy atom. The molecule has 1 unspecified atom stereocenters. The maximum Gasteiger partial charge on any atom is 0.159 e. The molecule has 0 amide bonds. The maximum absolute atomic E-state index is 11.2. The van der Waals surface area contributed by atoms with Gasteiger partial charge in [0, 0.05) is 24.3 Å². The lowest BCUT2D eigenvalue weighted by atomic mass is 9.98. The Labute approximate surface area is 108 Å². The molecule has 1 aromatic rings. The van der Waals surface area contributed by atoms with Gasteiger partial charge in [-0.05, 0) is 57.4 Å². The minimum absolute atomic E-state index is 0.0975. The SMILES string of the molecule is CC(=O)c1ccc(N2CCCC(C)(O)CC2)cc1. The van der Waals surface area contributed by atoms with E-state index in [-0.39, 0.29) is 5.78 Å². The molecule has 0 radical (unpaired) electrons. The molecule has 18 heavy (non-hydrogen) atoms. The van der Waals surface area contributed by atoms with E-state index >= 15 is 0 Å². The minimum Gasteiger partial charge on any atom is -0.390 e. The summed E-state index contributed by atoms with van der Waals surface area (Å²) in [6, 6.07) is 7.74. The van der Waals surface area contributed by atoms with Gasteiger partial charge in [0.1, 0.15) is 0 Å². The molecule has 3 heteroatoms. The zero-order valence-electron chi connectivity index (χ0n) is 11.1. The van der Waals surface area contributed by atoms with Gasteiger partial charge in [-0.15, -0.1) is 0 Å². The van der Waals surface area contributed by atoms with Crippen molar-refractivity contribution in [2.24, 2.45) is 0 Å². The molecule has 1 saturated heterocycles. The van der Waals surface area contributed by atoms with Gasteiger partial charge in [-0.25, -0.2) is 0 Å². The summed E-state index contributed by atoms with van der Waals surface area (Å²) in [5, 5.41) is 10.1. The summed E-state index contributed by atoms with van der Waals surface area (Å²) in [5.41, 5.74) is 1.35. The Hall–Kier alpha value is -1.35. The number of rotatable bonds is 2. The summed E-state index contributed by atoms with van der Waals surface area (Å²) in [6.07, 6.45) is 2.65. The van der Waals surface area contributed by atoms with E-state index in [1.807, 2.05) is 31.2 Å². The first-order valence-electron chi connectivity index (χ1n) is 6.56. The van der Waals surface area contributed by atoms with Crippen LogP contribution in [0.4, 0.5) is 5.69 Å². The van der Waals surface area contributed by atoms with E-state index in [4.69, 9.17) is 0 Å². The standard InChI is InChI=1S/C15H21NO2/c1-12(17)13-4-6-14(7-5-13)16-10-3-8-15(2,18)9-11-16/h4-7,18H,3,8-11H2,1-2H3. The number of ketones is 1. The lowest BCUT2D eigenvalue weighted by molar-refractivity contribution is 0.0481. The van der Waals surface area contributed by atoms with Crippen LogP contribution in [-0.4, -0.2) is 29.6 Å². The predicted molar refractivity (Wildman–Crippen MR) is 73.1 cm³/mol. The molecule has 1 aromatic carbocycles. The minimum atomic E-state index is -0.534. The number of nitrogens with zero attached hydrogens (tertiary/aromatic N) is 1. The van der Waals surface area contributed by atoms with Gasteiger partial charge in [0.15, 0.2) is 5.78 Å². The van der Waals surface area contributed by atoms with Crippen molar-refractivity contribution in [2.45, 2.75) is 38.7 Å². The van der Waals surface area contributed by atoms with E-state index in [1.54, 1.807) is 6.92 Å². The summed E-state index contributed by atoms with van der Waals surface area (Å²) in [5.74, 6) is 0.0975. The molecular weight excluding hydrogens is 226 g/mol. The fraction of sp³-hybridized carbons (Fsp3) is 0.533. The van der Waals surface area contributed by atoms with Gasteiger partial charge in [0.05, 0.1) is 5.60 Å². The molecule has 1 atom stereocenters. The second kappa shape index (κ2) is 5.11. The second-order valence-electron chi connectivity index (χ2n) is 5.44. The van der Waals surface area contributed by atoms with Crippen molar-refractivity contribution in [3.63, 3.8) is 0 Å². The number of hydrogen-bond acceptors (Lipinski definition) is 3. The van der Waals surface area contributed by atoms with Gasteiger partial charge in [0.25, 0.3) is 0 Å². The molecule has 2 rings (SSSR count). The molecule has 1 fully saturated rings. The van der Waals surface area contributed by atoms with Crippen molar-refractivity contribution >= 4 is 11.5 Å². The third kappa shape index (κ3) is 3.10. The highest BCUT2D eigenvalue weighted by Crippen LogP contribution is 2.25. The van der Waals surface area contributed by atoms with Gasteiger partial charge in [-0.1, -0.05) is 0 Å². The van der Waals surface area contributed by atoms with Crippen LogP contribution in [0.25, 0.3) is 0 Å². The molecule has 0 aromatic heterocycles. The maximum atomic E-state index is 11.2. The van der Waals surface area contributed by atoms with Crippen molar-refractivity contribution in [3.05, 3.63) is 29.8 Å². The van der Waals surface area contributed by atoms with Crippen LogP contribution < -0.4 is 4.90 Å². The van der Waals surface area contributed by atoms with Crippen LogP contribution in [0.3, 0.4) is 0 Å². The van der Waals surface area contributed by atoms with Crippen LogP contribution in [0.2, 0.25) is 0 Å². The summed E-state index contributed by atoms with van der Waals surface area (Å²) in [6.45, 7) is 5.33. The summed E-state index contributed by atoms with van der Waals surface area (Å²) < 4.78 is 0. The Balaban J connectivity index is 2.09. The van der Waals surface area contributed by atoms with Crippen LogP contribution in [-0.2, 0) is 0 Å². The number of carbonyl (C=O) groups excluding carboxylic acids is 1. The van der Waals surface area contributed by atoms with Crippen LogP contribution in [0.5, 0.6) is 0 Å². The van der Waals surface area contributed by atoms with Crippen LogP contribution >= 0.6 is 0 Å². The largest absolute Gasteiger partial charge is 0.390 e. The highest BCUT2D eigenvalue weighted by molar-refractivity contribution is 5.94. The molecule has 3 nitrogen and oxygen atoms in total. The zero-order valence-corrected chi connectivity index (χ0v) is 11.1. The van der Waals surface area contributed by atoms with Gasteiger partial charge in [-0.2, -0.15) is 0 Å². The molecule has 1 aliphatic heterocycles. The lowest BCUT2D eigenvalue weighted by Gasteiger charge is -2.24. The number of anilines is 1. The quantitative estimate of drug-likeness (QED) is 0.817. The Morgan fingerprint density at radius 3 is 2.50 bits per heavy atom. The van der Waals surface area contributed by atoms with Crippen molar-refractivity contribution in [3.8, 4) is 0 Å². The van der Waals surface area contributed by atoms with Crippen molar-refractivity contribution in [1.29, 1.82) is 0 Å². The molecule has 1 N–H and O–H groups in total. The highest BCUT2D eigenvalue weighted by atomic mass is 16.3. The fourth-order valence-corrected chi connectivity index (χ4v) is 2.43. The van der Waals surface area contributed by atoms with Crippen molar-refractivity contribution < 1.29 is 9.90 Å². The van der Waals surface area contributed by atoms with Crippen molar-refractivity contribution in [2.75, 3.05) is 18.0 Å². The molecule has 0 bridgehead atoms. The average molecular weight is 247 g/mol. The van der Waals surface area contributed by atoms with Crippen LogP contribution in [0.1, 0.15) is 43.5 Å². The number of Topliss-reactive ketones (excluding diaryl/α,β-unsaturated/α-hetero) is 1. The summed E-state index contributed by atoms with van der Waals surface area (Å²) in [4.78, 5) is 13.5. The molecule has 0 spiro atoms. The molecular formula is C15H21NO2.